The molecule has 2 rings (SSSR count). The van der Waals surface area contributed by atoms with Crippen LogP contribution in [-0.4, -0.2) is 25.3 Å². The van der Waals surface area contributed by atoms with Gasteiger partial charge in [0.2, 0.25) is 0 Å². The van der Waals surface area contributed by atoms with Gasteiger partial charge in [-0.05, 0) is 55.2 Å². The van der Waals surface area contributed by atoms with Crippen LogP contribution in [0.1, 0.15) is 25.6 Å². The summed E-state index contributed by atoms with van der Waals surface area (Å²) in [4.78, 5) is 1.43. The molecule has 0 bridgehead atoms. The zero-order valence-corrected chi connectivity index (χ0v) is 13.8. The summed E-state index contributed by atoms with van der Waals surface area (Å²) in [5.74, 6) is 1.20. The van der Waals surface area contributed by atoms with E-state index in [0.29, 0.717) is 30.1 Å². The first kappa shape index (κ1) is 14.5. The van der Waals surface area contributed by atoms with Crippen LogP contribution in [0.5, 0.6) is 0 Å². The Balaban J connectivity index is 2.08. The summed E-state index contributed by atoms with van der Waals surface area (Å²) in [5, 5.41) is 5.65. The molecule has 18 heavy (non-hydrogen) atoms. The van der Waals surface area contributed by atoms with E-state index >= 15 is 0 Å². The lowest BCUT2D eigenvalue weighted by Crippen LogP contribution is -2.41. The molecular formula is C14H22BrNOS. The van der Waals surface area contributed by atoms with Crippen LogP contribution in [0.4, 0.5) is 0 Å². The van der Waals surface area contributed by atoms with Gasteiger partial charge >= 0.3 is 0 Å². The third kappa shape index (κ3) is 2.98. The van der Waals surface area contributed by atoms with E-state index in [4.69, 9.17) is 4.74 Å². The van der Waals surface area contributed by atoms with Crippen molar-refractivity contribution >= 4 is 27.3 Å². The van der Waals surface area contributed by atoms with Crippen LogP contribution in [0.3, 0.4) is 0 Å². The molecule has 0 amide bonds. The van der Waals surface area contributed by atoms with E-state index < -0.39 is 0 Å². The minimum atomic E-state index is 0.343. The van der Waals surface area contributed by atoms with Crippen molar-refractivity contribution in [3.05, 3.63) is 20.8 Å². The van der Waals surface area contributed by atoms with Crippen LogP contribution >= 0.6 is 27.3 Å². The molecule has 1 fully saturated rings. The fraction of sp³-hybridized carbons (Fsp3) is 0.714. The van der Waals surface area contributed by atoms with Crippen molar-refractivity contribution in [2.45, 2.75) is 45.4 Å². The average molecular weight is 332 g/mol. The van der Waals surface area contributed by atoms with Gasteiger partial charge < -0.3 is 10.1 Å². The van der Waals surface area contributed by atoms with Crippen LogP contribution < -0.4 is 5.32 Å². The van der Waals surface area contributed by atoms with Crippen molar-refractivity contribution in [2.24, 2.45) is 11.8 Å². The lowest BCUT2D eigenvalue weighted by atomic mass is 9.82. The molecule has 2 heterocycles. The molecular weight excluding hydrogens is 310 g/mol. The summed E-state index contributed by atoms with van der Waals surface area (Å²) >= 11 is 5.35. The van der Waals surface area contributed by atoms with Crippen molar-refractivity contribution in [1.82, 2.24) is 5.32 Å². The van der Waals surface area contributed by atoms with Crippen LogP contribution in [0.15, 0.2) is 15.9 Å². The van der Waals surface area contributed by atoms with E-state index in [0.717, 1.165) is 6.42 Å². The molecule has 1 aromatic rings. The first-order chi connectivity index (χ1) is 8.52. The van der Waals surface area contributed by atoms with E-state index in [2.05, 4.69) is 60.5 Å². The predicted octanol–water partition coefficient (Wildman–Crippen LogP) is 3.70. The van der Waals surface area contributed by atoms with Gasteiger partial charge in [0.1, 0.15) is 0 Å². The topological polar surface area (TPSA) is 21.3 Å². The number of hydrogen-bond donors (Lipinski definition) is 1. The fourth-order valence-corrected chi connectivity index (χ4v) is 4.61. The Labute approximate surface area is 122 Å². The maximum Gasteiger partial charge on any atom is 0.0597 e. The standard InChI is InChI=1S/C14H22BrNOS/c1-8-9(2)17-10(3)14(8)13(16-4)6-12-5-11(15)7-18-12/h5,7-10,13-14,16H,6H2,1-4H3. The van der Waals surface area contributed by atoms with Crippen molar-refractivity contribution in [3.63, 3.8) is 0 Å². The summed E-state index contributed by atoms with van der Waals surface area (Å²) < 4.78 is 7.16. The molecule has 0 saturated carbocycles. The maximum atomic E-state index is 5.97. The van der Waals surface area contributed by atoms with Gasteiger partial charge in [-0.1, -0.05) is 6.92 Å². The molecule has 102 valence electrons. The van der Waals surface area contributed by atoms with Crippen LogP contribution in [0.2, 0.25) is 0 Å². The first-order valence-corrected chi connectivity index (χ1v) is 8.25. The third-order valence-corrected chi connectivity index (χ3v) is 5.92. The van der Waals surface area contributed by atoms with E-state index in [1.54, 1.807) is 0 Å². The van der Waals surface area contributed by atoms with Crippen molar-refractivity contribution < 1.29 is 4.74 Å². The molecule has 1 aliphatic rings. The molecule has 1 saturated heterocycles. The largest absolute Gasteiger partial charge is 0.375 e. The summed E-state index contributed by atoms with van der Waals surface area (Å²) in [6.45, 7) is 6.71. The van der Waals surface area contributed by atoms with Gasteiger partial charge in [-0.25, -0.2) is 0 Å². The molecule has 1 aliphatic heterocycles. The fourth-order valence-electron chi connectivity index (χ4n) is 3.10. The third-order valence-electron chi connectivity index (χ3n) is 4.20. The Kier molecular flexibility index (Phi) is 4.86. The lowest BCUT2D eigenvalue weighted by molar-refractivity contribution is 0.0479. The highest BCUT2D eigenvalue weighted by molar-refractivity contribution is 9.10. The average Bonchev–Trinajstić information content (AvgIpc) is 2.82. The highest BCUT2D eigenvalue weighted by Gasteiger charge is 2.41. The van der Waals surface area contributed by atoms with Gasteiger partial charge in [0.05, 0.1) is 12.2 Å². The highest BCUT2D eigenvalue weighted by atomic mass is 79.9. The molecule has 0 aliphatic carbocycles. The van der Waals surface area contributed by atoms with Gasteiger partial charge in [0.25, 0.3) is 0 Å². The summed E-state index contributed by atoms with van der Waals surface area (Å²) in [6, 6.07) is 2.72. The molecule has 0 radical (unpaired) electrons. The lowest BCUT2D eigenvalue weighted by Gasteiger charge is -2.28. The number of rotatable bonds is 4. The van der Waals surface area contributed by atoms with Gasteiger partial charge in [-0.2, -0.15) is 0 Å². The van der Waals surface area contributed by atoms with Crippen LogP contribution in [-0.2, 0) is 11.2 Å². The van der Waals surface area contributed by atoms with Crippen molar-refractivity contribution in [1.29, 1.82) is 0 Å². The first-order valence-electron chi connectivity index (χ1n) is 6.58. The van der Waals surface area contributed by atoms with Crippen molar-refractivity contribution in [3.8, 4) is 0 Å². The van der Waals surface area contributed by atoms with Crippen molar-refractivity contribution in [2.75, 3.05) is 7.05 Å². The number of halogens is 1. The Hall–Kier alpha value is 0.1000. The number of hydrogen-bond acceptors (Lipinski definition) is 3. The monoisotopic (exact) mass is 331 g/mol. The van der Waals surface area contributed by atoms with E-state index in [1.165, 1.54) is 9.35 Å². The minimum Gasteiger partial charge on any atom is -0.375 e. The van der Waals surface area contributed by atoms with E-state index in [1.807, 2.05) is 11.3 Å². The molecule has 0 spiro atoms. The molecule has 0 aromatic carbocycles. The zero-order chi connectivity index (χ0) is 13.3. The van der Waals surface area contributed by atoms with E-state index in [-0.39, 0.29) is 0 Å². The molecule has 5 atom stereocenters. The smallest absolute Gasteiger partial charge is 0.0597 e. The highest BCUT2D eigenvalue weighted by Crippen LogP contribution is 2.36. The van der Waals surface area contributed by atoms with Gasteiger partial charge in [-0.15, -0.1) is 11.3 Å². The Morgan fingerprint density at radius 2 is 2.11 bits per heavy atom. The second-order valence-corrected chi connectivity index (χ2v) is 7.22. The SMILES string of the molecule is CNC(Cc1cc(Br)cs1)C1C(C)OC(C)C1C. The maximum absolute atomic E-state index is 5.97. The summed E-state index contributed by atoms with van der Waals surface area (Å²) in [6.07, 6.45) is 1.80. The second kappa shape index (κ2) is 6.04. The second-order valence-electron chi connectivity index (χ2n) is 5.31. The Morgan fingerprint density at radius 3 is 2.56 bits per heavy atom. The number of ether oxygens (including phenoxy) is 1. The van der Waals surface area contributed by atoms with Crippen LogP contribution in [0, 0.1) is 11.8 Å². The molecule has 4 heteroatoms. The number of likely N-dealkylation sites (N-methyl/N-ethyl adjacent to an activating group) is 1. The van der Waals surface area contributed by atoms with Gasteiger partial charge in [-0.3, -0.25) is 0 Å². The van der Waals surface area contributed by atoms with E-state index in [9.17, 15) is 0 Å². The Bertz CT molecular complexity index is 395. The zero-order valence-electron chi connectivity index (χ0n) is 11.4. The molecule has 1 aromatic heterocycles. The van der Waals surface area contributed by atoms with Gasteiger partial charge in [0.15, 0.2) is 0 Å². The number of thiophene rings is 1. The predicted molar refractivity (Wildman–Crippen MR) is 81.2 cm³/mol. The van der Waals surface area contributed by atoms with Gasteiger partial charge in [0, 0.05) is 26.7 Å². The quantitative estimate of drug-likeness (QED) is 0.908. The normalized spacial score (nSPS) is 33.8. The Morgan fingerprint density at radius 1 is 1.39 bits per heavy atom. The molecule has 1 N–H and O–H groups in total. The van der Waals surface area contributed by atoms with Crippen LogP contribution in [0.25, 0.3) is 0 Å². The summed E-state index contributed by atoms with van der Waals surface area (Å²) in [7, 11) is 2.07. The summed E-state index contributed by atoms with van der Waals surface area (Å²) in [5.41, 5.74) is 0. The minimum absolute atomic E-state index is 0.343. The molecule has 2 nitrogen and oxygen atoms in total. The molecule has 5 unspecified atom stereocenters. The number of nitrogens with one attached hydrogen (secondary N) is 1.